The van der Waals surface area contributed by atoms with Gasteiger partial charge in [-0.05, 0) is 18.8 Å². The summed E-state index contributed by atoms with van der Waals surface area (Å²) in [5.41, 5.74) is 5.13. The lowest BCUT2D eigenvalue weighted by Gasteiger charge is -2.21. The second-order valence-corrected chi connectivity index (χ2v) is 4.76. The van der Waals surface area contributed by atoms with Crippen LogP contribution < -0.4 is 5.73 Å². The van der Waals surface area contributed by atoms with Gasteiger partial charge >= 0.3 is 0 Å². The Morgan fingerprint density at radius 3 is 2.71 bits per heavy atom. The molecule has 0 aromatic carbocycles. The van der Waals surface area contributed by atoms with Gasteiger partial charge in [0.2, 0.25) is 11.8 Å². The van der Waals surface area contributed by atoms with Crippen molar-refractivity contribution in [3.63, 3.8) is 0 Å². The lowest BCUT2D eigenvalue weighted by Crippen LogP contribution is -2.45. The Hall–Kier alpha value is -1.17. The van der Waals surface area contributed by atoms with Crippen LogP contribution in [-0.2, 0) is 14.3 Å². The quantitative estimate of drug-likeness (QED) is 0.730. The Morgan fingerprint density at radius 1 is 1.41 bits per heavy atom. The van der Waals surface area contributed by atoms with Gasteiger partial charge in [-0.2, -0.15) is 0 Å². The monoisotopic (exact) mass is 244 g/mol. The number of carbonyl (C=O) groups excluding carboxylic acids is 2. The van der Waals surface area contributed by atoms with Crippen LogP contribution in [0.1, 0.15) is 19.3 Å². The van der Waals surface area contributed by atoms with E-state index in [0.29, 0.717) is 12.5 Å². The van der Waals surface area contributed by atoms with Crippen molar-refractivity contribution in [1.82, 2.24) is 4.90 Å². The van der Waals surface area contributed by atoms with Crippen LogP contribution in [0.5, 0.6) is 0 Å². The fourth-order valence-corrected chi connectivity index (χ4v) is 2.01. The topological polar surface area (TPSA) is 72.6 Å². The summed E-state index contributed by atoms with van der Waals surface area (Å²) in [6, 6.07) is -0.818. The number of likely N-dealkylation sites (tertiary alicyclic amines) is 1. The van der Waals surface area contributed by atoms with Crippen LogP contribution in [0.3, 0.4) is 0 Å². The van der Waals surface area contributed by atoms with Crippen LogP contribution in [0.25, 0.3) is 0 Å². The molecule has 0 aromatic heterocycles. The lowest BCUT2D eigenvalue weighted by atomic mass is 10.2. The van der Waals surface area contributed by atoms with Gasteiger partial charge in [-0.25, -0.2) is 4.39 Å². The van der Waals surface area contributed by atoms with Crippen molar-refractivity contribution in [3.8, 4) is 0 Å². The van der Waals surface area contributed by atoms with E-state index in [2.05, 4.69) is 0 Å². The Bertz CT molecular complexity index is 320. The number of rotatable bonds is 5. The molecule has 2 aliphatic rings. The van der Waals surface area contributed by atoms with Gasteiger partial charge in [0.25, 0.3) is 0 Å². The van der Waals surface area contributed by atoms with Crippen molar-refractivity contribution in [2.45, 2.75) is 31.5 Å². The normalized spacial score (nSPS) is 28.4. The van der Waals surface area contributed by atoms with E-state index in [4.69, 9.17) is 10.5 Å². The summed E-state index contributed by atoms with van der Waals surface area (Å²) in [7, 11) is 0. The largest absolute Gasteiger partial charge is 0.371 e. The number of nitrogens with two attached hydrogens (primary N) is 1. The van der Waals surface area contributed by atoms with Gasteiger partial charge in [0.05, 0.1) is 13.2 Å². The van der Waals surface area contributed by atoms with E-state index in [1.807, 2.05) is 0 Å². The molecule has 2 rings (SSSR count). The number of halogens is 1. The summed E-state index contributed by atoms with van der Waals surface area (Å²) in [6.45, 7) is 0.423. The first-order valence-electron chi connectivity index (χ1n) is 5.88. The first-order chi connectivity index (χ1) is 8.08. The molecule has 2 fully saturated rings. The maximum absolute atomic E-state index is 13.2. The minimum Gasteiger partial charge on any atom is -0.371 e. The number of nitrogens with zero attached hydrogens (tertiary/aromatic N) is 1. The Morgan fingerprint density at radius 2 is 2.12 bits per heavy atom. The highest BCUT2D eigenvalue weighted by molar-refractivity contribution is 5.87. The predicted molar refractivity (Wildman–Crippen MR) is 57.8 cm³/mol. The van der Waals surface area contributed by atoms with Crippen LogP contribution >= 0.6 is 0 Å². The molecule has 1 saturated heterocycles. The molecule has 1 aliphatic heterocycles. The number of hydrogen-bond donors (Lipinski definition) is 1. The molecule has 0 bridgehead atoms. The standard InChI is InChI=1S/C11H17FN2O3/c12-8-3-9(11(13)16)14(4-8)10(15)6-17-5-7-1-2-7/h7-9H,1-6H2,(H2,13,16)/t8-,9+/m1/s1. The molecule has 0 spiro atoms. The maximum Gasteiger partial charge on any atom is 0.249 e. The third kappa shape index (κ3) is 3.15. The van der Waals surface area contributed by atoms with Crippen LogP contribution in [0, 0.1) is 5.92 Å². The van der Waals surface area contributed by atoms with Crippen LogP contribution in [0.15, 0.2) is 0 Å². The van der Waals surface area contributed by atoms with Gasteiger partial charge in [-0.15, -0.1) is 0 Å². The van der Waals surface area contributed by atoms with Gasteiger partial charge in [0.15, 0.2) is 0 Å². The zero-order valence-corrected chi connectivity index (χ0v) is 9.60. The number of amides is 2. The molecule has 1 saturated carbocycles. The van der Waals surface area contributed by atoms with E-state index in [1.165, 1.54) is 4.90 Å². The zero-order valence-electron chi connectivity index (χ0n) is 9.60. The number of alkyl halides is 1. The molecule has 17 heavy (non-hydrogen) atoms. The van der Waals surface area contributed by atoms with Gasteiger partial charge in [0.1, 0.15) is 18.8 Å². The van der Waals surface area contributed by atoms with Gasteiger partial charge < -0.3 is 15.4 Å². The predicted octanol–water partition coefficient (Wildman–Crippen LogP) is -0.163. The molecule has 1 aliphatic carbocycles. The smallest absolute Gasteiger partial charge is 0.249 e. The number of ether oxygens (including phenoxy) is 1. The molecule has 0 aromatic rings. The summed E-state index contributed by atoms with van der Waals surface area (Å²) >= 11 is 0. The number of hydrogen-bond acceptors (Lipinski definition) is 3. The molecule has 5 nitrogen and oxygen atoms in total. The zero-order chi connectivity index (χ0) is 12.4. The van der Waals surface area contributed by atoms with Gasteiger partial charge in [-0.3, -0.25) is 9.59 Å². The average molecular weight is 244 g/mol. The molecule has 2 N–H and O–H groups in total. The van der Waals surface area contributed by atoms with Crippen molar-refractivity contribution < 1.29 is 18.7 Å². The van der Waals surface area contributed by atoms with Crippen LogP contribution in [0.4, 0.5) is 4.39 Å². The van der Waals surface area contributed by atoms with Crippen LogP contribution in [0.2, 0.25) is 0 Å². The molecular formula is C11H17FN2O3. The average Bonchev–Trinajstić information content (AvgIpc) is 2.99. The maximum atomic E-state index is 13.2. The minimum absolute atomic E-state index is 0.00367. The first kappa shape index (κ1) is 12.3. The van der Waals surface area contributed by atoms with E-state index in [1.54, 1.807) is 0 Å². The lowest BCUT2D eigenvalue weighted by molar-refractivity contribution is -0.141. The molecule has 2 atom stereocenters. The molecule has 96 valence electrons. The van der Waals surface area contributed by atoms with E-state index in [-0.39, 0.29) is 25.5 Å². The Balaban J connectivity index is 1.81. The summed E-state index contributed by atoms with van der Waals surface area (Å²) in [5.74, 6) is -0.433. The molecule has 6 heteroatoms. The van der Waals surface area contributed by atoms with Gasteiger partial charge in [0, 0.05) is 6.42 Å². The SMILES string of the molecule is NC(=O)[C@@H]1C[C@@H](F)CN1C(=O)COCC1CC1. The second-order valence-electron chi connectivity index (χ2n) is 4.76. The van der Waals surface area contributed by atoms with Gasteiger partial charge in [-0.1, -0.05) is 0 Å². The highest BCUT2D eigenvalue weighted by Gasteiger charge is 2.38. The van der Waals surface area contributed by atoms with Crippen molar-refractivity contribution in [3.05, 3.63) is 0 Å². The molecular weight excluding hydrogens is 227 g/mol. The second kappa shape index (κ2) is 5.00. The minimum atomic E-state index is -1.17. The Labute approximate surface area is 99.1 Å². The van der Waals surface area contributed by atoms with Crippen molar-refractivity contribution in [2.75, 3.05) is 19.8 Å². The molecule has 1 heterocycles. The number of primary amides is 1. The summed E-state index contributed by atoms with van der Waals surface area (Å²) < 4.78 is 18.4. The molecule has 0 radical (unpaired) electrons. The van der Waals surface area contributed by atoms with Crippen molar-refractivity contribution >= 4 is 11.8 Å². The van der Waals surface area contributed by atoms with E-state index < -0.39 is 18.1 Å². The fourth-order valence-electron chi connectivity index (χ4n) is 2.01. The summed E-state index contributed by atoms with van der Waals surface area (Å²) in [4.78, 5) is 24.0. The number of carbonyl (C=O) groups is 2. The van der Waals surface area contributed by atoms with E-state index in [0.717, 1.165) is 12.8 Å². The molecule has 2 amide bonds. The summed E-state index contributed by atoms with van der Waals surface area (Å²) in [5, 5.41) is 0. The fraction of sp³-hybridized carbons (Fsp3) is 0.818. The van der Waals surface area contributed by atoms with Crippen molar-refractivity contribution in [1.29, 1.82) is 0 Å². The van der Waals surface area contributed by atoms with Crippen molar-refractivity contribution in [2.24, 2.45) is 11.7 Å². The summed E-state index contributed by atoms with van der Waals surface area (Å²) in [6.07, 6.45) is 1.13. The highest BCUT2D eigenvalue weighted by Crippen LogP contribution is 2.28. The first-order valence-corrected chi connectivity index (χ1v) is 5.88. The van der Waals surface area contributed by atoms with E-state index >= 15 is 0 Å². The van der Waals surface area contributed by atoms with Crippen LogP contribution in [-0.4, -0.2) is 48.7 Å². The third-order valence-corrected chi connectivity index (χ3v) is 3.17. The Kier molecular flexibility index (Phi) is 3.61. The van der Waals surface area contributed by atoms with E-state index in [9.17, 15) is 14.0 Å². The molecule has 0 unspecified atom stereocenters. The highest BCUT2D eigenvalue weighted by atomic mass is 19.1. The third-order valence-electron chi connectivity index (χ3n) is 3.17.